The van der Waals surface area contributed by atoms with Gasteiger partial charge in [0.2, 0.25) is 0 Å². The third kappa shape index (κ3) is 2.97. The molecule has 0 spiro atoms. The van der Waals surface area contributed by atoms with E-state index >= 15 is 0 Å². The summed E-state index contributed by atoms with van der Waals surface area (Å²) in [6.07, 6.45) is 6.92. The Morgan fingerprint density at radius 2 is 1.48 bits per heavy atom. The molecule has 0 aliphatic heterocycles. The number of H-pyrrole nitrogens is 1. The molecule has 1 heterocycles. The van der Waals surface area contributed by atoms with Crippen molar-refractivity contribution in [2.75, 3.05) is 0 Å². The Balaban J connectivity index is 0.000000149. The first-order valence-electron chi connectivity index (χ1n) is 9.70. The van der Waals surface area contributed by atoms with E-state index in [0.717, 1.165) is 11.0 Å². The van der Waals surface area contributed by atoms with Gasteiger partial charge in [-0.2, -0.15) is 0 Å². The van der Waals surface area contributed by atoms with E-state index in [2.05, 4.69) is 58.5 Å². The van der Waals surface area contributed by atoms with Crippen molar-refractivity contribution in [2.45, 2.75) is 25.7 Å². The van der Waals surface area contributed by atoms with Crippen molar-refractivity contribution in [3.05, 3.63) is 90.3 Å². The summed E-state index contributed by atoms with van der Waals surface area (Å²) in [7, 11) is 0. The number of para-hydroxylation sites is 2. The van der Waals surface area contributed by atoms with E-state index in [1.54, 1.807) is 17.5 Å². The number of aromatic nitrogens is 2. The van der Waals surface area contributed by atoms with E-state index in [1.807, 2.05) is 24.3 Å². The number of imidazole rings is 1. The van der Waals surface area contributed by atoms with Crippen LogP contribution in [0.15, 0.2) is 79.1 Å². The molecule has 6 rings (SSSR count). The third-order valence-electron chi connectivity index (χ3n) is 5.59. The normalized spacial score (nSPS) is 13.3. The van der Waals surface area contributed by atoms with Gasteiger partial charge < -0.3 is 4.98 Å². The highest BCUT2D eigenvalue weighted by molar-refractivity contribution is 6.08. The van der Waals surface area contributed by atoms with Crippen LogP contribution >= 0.6 is 0 Å². The molecule has 0 saturated carbocycles. The highest BCUT2D eigenvalue weighted by Crippen LogP contribution is 2.33. The van der Waals surface area contributed by atoms with Gasteiger partial charge in [0.15, 0.2) is 0 Å². The van der Waals surface area contributed by atoms with E-state index < -0.39 is 0 Å². The lowest BCUT2D eigenvalue weighted by molar-refractivity contribution is 0.690. The second-order valence-electron chi connectivity index (χ2n) is 7.21. The zero-order chi connectivity index (χ0) is 18.1. The molecule has 0 radical (unpaired) electrons. The Kier molecular flexibility index (Phi) is 4.10. The van der Waals surface area contributed by atoms with Gasteiger partial charge in [0.25, 0.3) is 0 Å². The molecule has 0 amide bonds. The van der Waals surface area contributed by atoms with Crippen LogP contribution in [0.4, 0.5) is 0 Å². The maximum Gasteiger partial charge on any atom is 0.0931 e. The van der Waals surface area contributed by atoms with Crippen molar-refractivity contribution in [1.29, 1.82) is 0 Å². The summed E-state index contributed by atoms with van der Waals surface area (Å²) in [6.45, 7) is 0. The summed E-state index contributed by atoms with van der Waals surface area (Å²) in [5, 5.41) is 5.64. The molecule has 1 aliphatic rings. The number of aromatic amines is 1. The van der Waals surface area contributed by atoms with E-state index in [9.17, 15) is 0 Å². The molecule has 5 aromatic rings. The summed E-state index contributed by atoms with van der Waals surface area (Å²) in [5.41, 5.74) is 5.29. The highest BCUT2D eigenvalue weighted by atomic mass is 14.9. The second-order valence-corrected chi connectivity index (χ2v) is 7.21. The van der Waals surface area contributed by atoms with Crippen molar-refractivity contribution < 1.29 is 0 Å². The van der Waals surface area contributed by atoms with Gasteiger partial charge in [0.1, 0.15) is 0 Å². The van der Waals surface area contributed by atoms with Gasteiger partial charge in [-0.3, -0.25) is 0 Å². The monoisotopic (exact) mass is 350 g/mol. The maximum atomic E-state index is 4.06. The van der Waals surface area contributed by atoms with E-state index in [1.165, 1.54) is 47.2 Å². The quantitative estimate of drug-likeness (QED) is 0.320. The zero-order valence-corrected chi connectivity index (χ0v) is 15.3. The topological polar surface area (TPSA) is 28.7 Å². The molecule has 1 aliphatic carbocycles. The Morgan fingerprint density at radius 3 is 2.44 bits per heavy atom. The summed E-state index contributed by atoms with van der Waals surface area (Å²) >= 11 is 0. The second kappa shape index (κ2) is 6.88. The number of nitrogens with zero attached hydrogens (tertiary/aromatic N) is 1. The van der Waals surface area contributed by atoms with Crippen LogP contribution in [0, 0.1) is 0 Å². The average molecular weight is 350 g/mol. The fraction of sp³-hybridized carbons (Fsp3) is 0.160. The van der Waals surface area contributed by atoms with Gasteiger partial charge in [-0.15, -0.1) is 0 Å². The lowest BCUT2D eigenvalue weighted by atomic mass is 9.86. The maximum absolute atomic E-state index is 4.06. The molecule has 4 aromatic carbocycles. The lowest BCUT2D eigenvalue weighted by Crippen LogP contribution is -2.02. The van der Waals surface area contributed by atoms with Crippen molar-refractivity contribution in [1.82, 2.24) is 9.97 Å². The molecule has 0 bridgehead atoms. The molecule has 0 saturated heterocycles. The molecular formula is C25H22N2. The minimum atomic E-state index is 1.03. The summed E-state index contributed by atoms with van der Waals surface area (Å²) in [4.78, 5) is 7.07. The van der Waals surface area contributed by atoms with Crippen LogP contribution in [0.3, 0.4) is 0 Å². The largest absolute Gasteiger partial charge is 0.345 e. The number of aryl methyl sites for hydroxylation is 2. The minimum absolute atomic E-state index is 1.03. The lowest BCUT2D eigenvalue weighted by Gasteiger charge is -2.18. The molecule has 1 N–H and O–H groups in total. The third-order valence-corrected chi connectivity index (χ3v) is 5.59. The van der Waals surface area contributed by atoms with Gasteiger partial charge in [-0.05, 0) is 70.5 Å². The molecule has 27 heavy (non-hydrogen) atoms. The summed E-state index contributed by atoms with van der Waals surface area (Å²) < 4.78 is 0. The van der Waals surface area contributed by atoms with Crippen LogP contribution < -0.4 is 0 Å². The number of hydrogen-bond donors (Lipinski definition) is 1. The van der Waals surface area contributed by atoms with Gasteiger partial charge in [-0.25, -0.2) is 4.98 Å². The van der Waals surface area contributed by atoms with Crippen LogP contribution in [-0.4, -0.2) is 9.97 Å². The van der Waals surface area contributed by atoms with E-state index in [-0.39, 0.29) is 0 Å². The van der Waals surface area contributed by atoms with Gasteiger partial charge in [0.05, 0.1) is 17.4 Å². The van der Waals surface area contributed by atoms with E-state index in [0.29, 0.717) is 0 Å². The highest BCUT2D eigenvalue weighted by Gasteiger charge is 2.13. The number of rotatable bonds is 0. The van der Waals surface area contributed by atoms with Crippen molar-refractivity contribution >= 4 is 32.6 Å². The molecule has 0 unspecified atom stereocenters. The SMILES string of the molecule is c1ccc2[nH]cnc2c1.c1ccc2c(c1)ccc1c3c(ccc12)CCCC3. The van der Waals surface area contributed by atoms with E-state index in [4.69, 9.17) is 0 Å². The molecule has 1 aromatic heterocycles. The summed E-state index contributed by atoms with van der Waals surface area (Å²) in [6, 6.07) is 25.9. The minimum Gasteiger partial charge on any atom is -0.345 e. The Morgan fingerprint density at radius 1 is 0.667 bits per heavy atom. The average Bonchev–Trinajstić information content (AvgIpc) is 3.23. The molecule has 132 valence electrons. The number of fused-ring (bicyclic) bond motifs is 6. The standard InChI is InChI=1S/C18H16.C7H6N2/c1-3-7-15-13(5-1)9-11-18-16-8-4-2-6-14(16)10-12-17(15)18;1-2-4-7-6(3-1)8-5-9-7/h1,3,5,7,9-12H,2,4,6,8H2;1-5H,(H,8,9). The van der Waals surface area contributed by atoms with Crippen LogP contribution in [0.25, 0.3) is 32.6 Å². The molecule has 0 atom stereocenters. The fourth-order valence-electron chi connectivity index (χ4n) is 4.22. The molecular weight excluding hydrogens is 328 g/mol. The smallest absolute Gasteiger partial charge is 0.0931 e. The van der Waals surface area contributed by atoms with Crippen LogP contribution in [0.2, 0.25) is 0 Å². The molecule has 0 fully saturated rings. The number of hydrogen-bond acceptors (Lipinski definition) is 1. The summed E-state index contributed by atoms with van der Waals surface area (Å²) in [5.74, 6) is 0. The van der Waals surface area contributed by atoms with Crippen molar-refractivity contribution in [3.63, 3.8) is 0 Å². The number of benzene rings is 4. The van der Waals surface area contributed by atoms with Gasteiger partial charge in [-0.1, -0.05) is 60.7 Å². The Hall–Kier alpha value is -3.13. The van der Waals surface area contributed by atoms with Gasteiger partial charge >= 0.3 is 0 Å². The first-order valence-corrected chi connectivity index (χ1v) is 9.70. The molecule has 2 heteroatoms. The van der Waals surface area contributed by atoms with Crippen molar-refractivity contribution in [2.24, 2.45) is 0 Å². The Bertz CT molecular complexity index is 1200. The Labute approximate surface area is 158 Å². The number of nitrogens with one attached hydrogen (secondary N) is 1. The van der Waals surface area contributed by atoms with Crippen LogP contribution in [0.1, 0.15) is 24.0 Å². The first kappa shape index (κ1) is 16.1. The fourth-order valence-corrected chi connectivity index (χ4v) is 4.22. The van der Waals surface area contributed by atoms with Crippen molar-refractivity contribution in [3.8, 4) is 0 Å². The van der Waals surface area contributed by atoms with Gasteiger partial charge in [0, 0.05) is 0 Å². The predicted molar refractivity (Wildman–Crippen MR) is 114 cm³/mol. The zero-order valence-electron chi connectivity index (χ0n) is 15.3. The van der Waals surface area contributed by atoms with Crippen LogP contribution in [0.5, 0.6) is 0 Å². The van der Waals surface area contributed by atoms with Crippen LogP contribution in [-0.2, 0) is 12.8 Å². The predicted octanol–water partition coefficient (Wildman–Crippen LogP) is 6.43. The molecule has 2 nitrogen and oxygen atoms in total. The first-order chi connectivity index (χ1) is 13.4.